The summed E-state index contributed by atoms with van der Waals surface area (Å²) in [6, 6.07) is 3.90. The summed E-state index contributed by atoms with van der Waals surface area (Å²) < 4.78 is 0. The first-order chi connectivity index (χ1) is 8.13. The smallest absolute Gasteiger partial charge is 0.244 e. The number of aromatic nitrogens is 1. The number of carbonyl (C=O) groups excluding carboxylic acids is 1. The lowest BCUT2D eigenvalue weighted by Gasteiger charge is -2.32. The molecule has 1 saturated heterocycles. The summed E-state index contributed by atoms with van der Waals surface area (Å²) >= 11 is 0. The van der Waals surface area contributed by atoms with Gasteiger partial charge in [0.2, 0.25) is 5.91 Å². The Labute approximate surface area is 102 Å². The number of anilines is 1. The second kappa shape index (κ2) is 4.84. The van der Waals surface area contributed by atoms with Crippen molar-refractivity contribution in [3.05, 3.63) is 23.5 Å². The highest BCUT2D eigenvalue weighted by Gasteiger charge is 2.29. The van der Waals surface area contributed by atoms with Gasteiger partial charge in [0.1, 0.15) is 0 Å². The fourth-order valence-corrected chi connectivity index (χ4v) is 2.35. The van der Waals surface area contributed by atoms with Crippen molar-refractivity contribution in [1.82, 2.24) is 10.3 Å². The molecule has 1 fully saturated rings. The second-order valence-corrected chi connectivity index (χ2v) is 4.53. The van der Waals surface area contributed by atoms with E-state index in [4.69, 9.17) is 0 Å². The quantitative estimate of drug-likeness (QED) is 0.840. The van der Waals surface area contributed by atoms with Gasteiger partial charge >= 0.3 is 0 Å². The van der Waals surface area contributed by atoms with Crippen LogP contribution in [-0.2, 0) is 4.79 Å². The molecule has 2 heterocycles. The summed E-state index contributed by atoms with van der Waals surface area (Å²) in [5.41, 5.74) is 2.86. The van der Waals surface area contributed by atoms with Crippen LogP contribution in [0.2, 0.25) is 0 Å². The van der Waals surface area contributed by atoms with Crippen molar-refractivity contribution < 1.29 is 4.79 Å². The number of likely N-dealkylation sites (N-methyl/N-ethyl adjacent to an activating group) is 1. The molecule has 92 valence electrons. The van der Waals surface area contributed by atoms with Gasteiger partial charge in [-0.3, -0.25) is 9.78 Å². The van der Waals surface area contributed by atoms with Crippen LogP contribution in [0.4, 0.5) is 5.69 Å². The number of hydrogen-bond donors (Lipinski definition) is 1. The van der Waals surface area contributed by atoms with Crippen LogP contribution in [-0.4, -0.2) is 30.5 Å². The molecule has 2 rings (SSSR count). The SMILES string of the molecule is CNC1CCCN(c2ccc(C)nc2C)C1=O. The molecule has 0 aliphatic carbocycles. The number of nitrogens with zero attached hydrogens (tertiary/aromatic N) is 2. The average molecular weight is 233 g/mol. The van der Waals surface area contributed by atoms with Crippen molar-refractivity contribution in [2.24, 2.45) is 0 Å². The number of hydrogen-bond acceptors (Lipinski definition) is 3. The van der Waals surface area contributed by atoms with E-state index in [1.807, 2.05) is 37.9 Å². The first-order valence-electron chi connectivity index (χ1n) is 6.06. The Kier molecular flexibility index (Phi) is 3.43. The molecule has 17 heavy (non-hydrogen) atoms. The van der Waals surface area contributed by atoms with Gasteiger partial charge in [-0.1, -0.05) is 0 Å². The van der Waals surface area contributed by atoms with Crippen LogP contribution in [0.25, 0.3) is 0 Å². The van der Waals surface area contributed by atoms with E-state index >= 15 is 0 Å². The zero-order valence-corrected chi connectivity index (χ0v) is 10.7. The molecule has 1 aliphatic rings. The standard InChI is InChI=1S/C13H19N3O/c1-9-6-7-12(10(2)15-9)16-8-4-5-11(14-3)13(16)17/h6-7,11,14H,4-5,8H2,1-3H3. The largest absolute Gasteiger partial charge is 0.309 e. The van der Waals surface area contributed by atoms with Gasteiger partial charge in [-0.25, -0.2) is 0 Å². The van der Waals surface area contributed by atoms with Gasteiger partial charge in [0.05, 0.1) is 17.4 Å². The maximum Gasteiger partial charge on any atom is 0.244 e. The van der Waals surface area contributed by atoms with Crippen molar-refractivity contribution in [3.63, 3.8) is 0 Å². The number of amides is 1. The number of pyridine rings is 1. The molecule has 4 heteroatoms. The maximum absolute atomic E-state index is 12.2. The summed E-state index contributed by atoms with van der Waals surface area (Å²) in [7, 11) is 1.84. The molecule has 1 unspecified atom stereocenters. The van der Waals surface area contributed by atoms with Crippen molar-refractivity contribution in [3.8, 4) is 0 Å². The normalized spacial score (nSPS) is 20.8. The Bertz CT molecular complexity index is 431. The van der Waals surface area contributed by atoms with Gasteiger partial charge in [0, 0.05) is 12.2 Å². The molecular formula is C13H19N3O. The number of piperidine rings is 1. The van der Waals surface area contributed by atoms with Crippen LogP contribution in [0.5, 0.6) is 0 Å². The second-order valence-electron chi connectivity index (χ2n) is 4.53. The van der Waals surface area contributed by atoms with Crippen molar-refractivity contribution in [2.45, 2.75) is 32.7 Å². The summed E-state index contributed by atoms with van der Waals surface area (Å²) in [6.07, 6.45) is 1.95. The first-order valence-corrected chi connectivity index (χ1v) is 6.06. The van der Waals surface area contributed by atoms with E-state index in [1.165, 1.54) is 0 Å². The Morgan fingerprint density at radius 3 is 2.82 bits per heavy atom. The van der Waals surface area contributed by atoms with E-state index in [2.05, 4.69) is 10.3 Å². The molecule has 1 atom stereocenters. The molecule has 0 aromatic carbocycles. The van der Waals surface area contributed by atoms with E-state index in [0.717, 1.165) is 36.5 Å². The Hall–Kier alpha value is -1.42. The third-order valence-electron chi connectivity index (χ3n) is 3.28. The highest BCUT2D eigenvalue weighted by molar-refractivity contribution is 5.98. The van der Waals surface area contributed by atoms with Crippen LogP contribution in [0.15, 0.2) is 12.1 Å². The van der Waals surface area contributed by atoms with Crippen molar-refractivity contribution >= 4 is 11.6 Å². The molecule has 0 radical (unpaired) electrons. The summed E-state index contributed by atoms with van der Waals surface area (Å²) in [4.78, 5) is 18.5. The minimum absolute atomic E-state index is 0.0514. The summed E-state index contributed by atoms with van der Waals surface area (Å²) in [5, 5.41) is 3.07. The number of aryl methyl sites for hydroxylation is 2. The fourth-order valence-electron chi connectivity index (χ4n) is 2.35. The molecule has 4 nitrogen and oxygen atoms in total. The van der Waals surface area contributed by atoms with E-state index in [0.29, 0.717) is 0 Å². The topological polar surface area (TPSA) is 45.2 Å². The van der Waals surface area contributed by atoms with Gasteiger partial charge < -0.3 is 10.2 Å². The monoisotopic (exact) mass is 233 g/mol. The lowest BCUT2D eigenvalue weighted by Crippen LogP contribution is -2.50. The predicted molar refractivity (Wildman–Crippen MR) is 68.1 cm³/mol. The lowest BCUT2D eigenvalue weighted by atomic mass is 10.0. The molecule has 1 aromatic heterocycles. The summed E-state index contributed by atoms with van der Waals surface area (Å²) in [6.45, 7) is 4.71. The molecule has 1 N–H and O–H groups in total. The van der Waals surface area contributed by atoms with Crippen LogP contribution in [0, 0.1) is 13.8 Å². The molecule has 0 spiro atoms. The fraction of sp³-hybridized carbons (Fsp3) is 0.538. The highest BCUT2D eigenvalue weighted by atomic mass is 16.2. The summed E-state index contributed by atoms with van der Waals surface area (Å²) in [5.74, 6) is 0.160. The Balaban J connectivity index is 2.29. The van der Waals surface area contributed by atoms with Gasteiger partial charge in [-0.15, -0.1) is 0 Å². The maximum atomic E-state index is 12.2. The number of nitrogens with one attached hydrogen (secondary N) is 1. The molecule has 1 amide bonds. The van der Waals surface area contributed by atoms with E-state index in [-0.39, 0.29) is 11.9 Å². The van der Waals surface area contributed by atoms with E-state index < -0.39 is 0 Å². The minimum atomic E-state index is -0.0514. The predicted octanol–water partition coefficient (Wildman–Crippen LogP) is 1.41. The first kappa shape index (κ1) is 12.0. The van der Waals surface area contributed by atoms with E-state index in [1.54, 1.807) is 0 Å². The zero-order chi connectivity index (χ0) is 12.4. The Morgan fingerprint density at radius 1 is 1.41 bits per heavy atom. The Morgan fingerprint density at radius 2 is 2.18 bits per heavy atom. The third-order valence-corrected chi connectivity index (χ3v) is 3.28. The molecule has 0 bridgehead atoms. The van der Waals surface area contributed by atoms with Gasteiger partial charge in [0.15, 0.2) is 0 Å². The van der Waals surface area contributed by atoms with Crippen LogP contribution >= 0.6 is 0 Å². The highest BCUT2D eigenvalue weighted by Crippen LogP contribution is 2.23. The number of carbonyl (C=O) groups is 1. The van der Waals surface area contributed by atoms with Crippen LogP contribution in [0.3, 0.4) is 0 Å². The number of rotatable bonds is 2. The molecule has 1 aromatic rings. The van der Waals surface area contributed by atoms with Crippen molar-refractivity contribution in [2.75, 3.05) is 18.5 Å². The third kappa shape index (κ3) is 2.31. The van der Waals surface area contributed by atoms with E-state index in [9.17, 15) is 4.79 Å². The molecule has 0 saturated carbocycles. The average Bonchev–Trinajstić information content (AvgIpc) is 2.30. The van der Waals surface area contributed by atoms with Gasteiger partial charge in [-0.05, 0) is 45.9 Å². The lowest BCUT2D eigenvalue weighted by molar-refractivity contribution is -0.121. The minimum Gasteiger partial charge on any atom is -0.309 e. The molecular weight excluding hydrogens is 214 g/mol. The van der Waals surface area contributed by atoms with Crippen LogP contribution in [0.1, 0.15) is 24.2 Å². The van der Waals surface area contributed by atoms with Gasteiger partial charge in [-0.2, -0.15) is 0 Å². The van der Waals surface area contributed by atoms with Crippen LogP contribution < -0.4 is 10.2 Å². The van der Waals surface area contributed by atoms with Gasteiger partial charge in [0.25, 0.3) is 0 Å². The molecule has 1 aliphatic heterocycles. The zero-order valence-electron chi connectivity index (χ0n) is 10.7. The van der Waals surface area contributed by atoms with Crippen molar-refractivity contribution in [1.29, 1.82) is 0 Å².